The molecular weight excluding hydrogens is 439 g/mol. The summed E-state index contributed by atoms with van der Waals surface area (Å²) in [5, 5.41) is 5.68. The maximum Gasteiger partial charge on any atom is 0.416 e. The Morgan fingerprint density at radius 3 is 2.39 bits per heavy atom. The molecule has 0 saturated carbocycles. The number of carbonyl (C=O) groups excluding carboxylic acids is 2. The number of alkyl halides is 3. The van der Waals surface area contributed by atoms with Crippen molar-refractivity contribution in [2.24, 2.45) is 5.92 Å². The van der Waals surface area contributed by atoms with Gasteiger partial charge in [0.15, 0.2) is 11.5 Å². The van der Waals surface area contributed by atoms with Crippen LogP contribution in [0.15, 0.2) is 42.5 Å². The third-order valence-electron chi connectivity index (χ3n) is 5.76. The molecule has 0 aliphatic carbocycles. The van der Waals surface area contributed by atoms with E-state index in [0.717, 1.165) is 12.1 Å². The summed E-state index contributed by atoms with van der Waals surface area (Å²) in [4.78, 5) is 26.6. The highest BCUT2D eigenvalue weighted by molar-refractivity contribution is 5.93. The first-order valence-corrected chi connectivity index (χ1v) is 10.7. The number of likely N-dealkylation sites (tertiary alicyclic amines) is 1. The normalized spacial score (nSPS) is 15.9. The van der Waals surface area contributed by atoms with Crippen molar-refractivity contribution in [1.82, 2.24) is 10.2 Å². The zero-order valence-corrected chi connectivity index (χ0v) is 17.8. The van der Waals surface area contributed by atoms with Crippen molar-refractivity contribution in [3.63, 3.8) is 0 Å². The molecule has 7 nitrogen and oxygen atoms in total. The van der Waals surface area contributed by atoms with Crippen molar-refractivity contribution >= 4 is 17.6 Å². The third kappa shape index (κ3) is 5.68. The van der Waals surface area contributed by atoms with Crippen molar-refractivity contribution in [2.45, 2.75) is 25.4 Å². The van der Waals surface area contributed by atoms with Gasteiger partial charge < -0.3 is 25.0 Å². The minimum absolute atomic E-state index is 0.101. The Hall–Kier alpha value is -3.43. The van der Waals surface area contributed by atoms with E-state index in [1.807, 2.05) is 0 Å². The van der Waals surface area contributed by atoms with Crippen molar-refractivity contribution in [3.05, 3.63) is 53.6 Å². The highest BCUT2D eigenvalue weighted by atomic mass is 19.4. The molecule has 2 heterocycles. The molecule has 2 aliphatic heterocycles. The minimum atomic E-state index is -4.36. The number of ether oxygens (including phenoxy) is 2. The fourth-order valence-electron chi connectivity index (χ4n) is 3.85. The molecule has 2 aromatic carbocycles. The fourth-order valence-corrected chi connectivity index (χ4v) is 3.85. The number of nitrogens with zero attached hydrogens (tertiary/aromatic N) is 1. The standard InChI is InChI=1S/C23H24F3N3O4/c24-23(25,26)17-3-1-15(2-4-17)7-10-27-22(31)29-11-8-16(9-12-29)21(30)28-18-5-6-19-20(13-18)33-14-32-19/h1-6,13,16H,7-12,14H2,(H,27,31)(H,28,30). The summed E-state index contributed by atoms with van der Waals surface area (Å²) < 4.78 is 48.4. The molecule has 2 aliphatic rings. The van der Waals surface area contributed by atoms with Gasteiger partial charge in [0.05, 0.1) is 5.56 Å². The number of urea groups is 1. The number of hydrogen-bond donors (Lipinski definition) is 2. The summed E-state index contributed by atoms with van der Waals surface area (Å²) in [7, 11) is 0. The van der Waals surface area contributed by atoms with Gasteiger partial charge >= 0.3 is 12.2 Å². The number of hydrogen-bond acceptors (Lipinski definition) is 4. The summed E-state index contributed by atoms with van der Waals surface area (Å²) in [5.74, 6) is 0.934. The first-order chi connectivity index (χ1) is 15.8. The maximum atomic E-state index is 12.6. The van der Waals surface area contributed by atoms with Gasteiger partial charge in [-0.1, -0.05) is 12.1 Å². The Kier molecular flexibility index (Phi) is 6.62. The Morgan fingerprint density at radius 1 is 1.00 bits per heavy atom. The van der Waals surface area contributed by atoms with Crippen LogP contribution in [0.4, 0.5) is 23.7 Å². The van der Waals surface area contributed by atoms with Gasteiger partial charge in [-0.05, 0) is 49.1 Å². The zero-order valence-electron chi connectivity index (χ0n) is 17.8. The first-order valence-electron chi connectivity index (χ1n) is 10.7. The molecule has 4 rings (SSSR count). The predicted octanol–water partition coefficient (Wildman–Crippen LogP) is 4.04. The summed E-state index contributed by atoms with van der Waals surface area (Å²) >= 11 is 0. The average Bonchev–Trinajstić information content (AvgIpc) is 3.27. The summed E-state index contributed by atoms with van der Waals surface area (Å²) in [5.41, 5.74) is 0.649. The van der Waals surface area contributed by atoms with Crippen LogP contribution < -0.4 is 20.1 Å². The summed E-state index contributed by atoms with van der Waals surface area (Å²) in [6, 6.07) is 9.89. The van der Waals surface area contributed by atoms with Crippen LogP contribution in [-0.2, 0) is 17.4 Å². The number of rotatable bonds is 5. The number of benzene rings is 2. The molecule has 0 aromatic heterocycles. The molecular formula is C23H24F3N3O4. The molecule has 0 unspecified atom stereocenters. The van der Waals surface area contributed by atoms with Gasteiger partial charge in [-0.3, -0.25) is 4.79 Å². The van der Waals surface area contributed by atoms with Gasteiger partial charge in [0.25, 0.3) is 0 Å². The van der Waals surface area contributed by atoms with Crippen LogP contribution >= 0.6 is 0 Å². The first kappa shape index (κ1) is 22.8. The van der Waals surface area contributed by atoms with Crippen LogP contribution in [0.2, 0.25) is 0 Å². The summed E-state index contributed by atoms with van der Waals surface area (Å²) in [6.45, 7) is 1.38. The number of carbonyl (C=O) groups is 2. The topological polar surface area (TPSA) is 79.9 Å². The van der Waals surface area contributed by atoms with E-state index in [2.05, 4.69) is 10.6 Å². The molecule has 0 atom stereocenters. The van der Waals surface area contributed by atoms with E-state index in [4.69, 9.17) is 9.47 Å². The van der Waals surface area contributed by atoms with Crippen molar-refractivity contribution in [3.8, 4) is 11.5 Å². The number of amides is 3. The second-order valence-corrected chi connectivity index (χ2v) is 8.00. The molecule has 33 heavy (non-hydrogen) atoms. The predicted molar refractivity (Wildman–Crippen MR) is 114 cm³/mol. The van der Waals surface area contributed by atoms with E-state index in [0.29, 0.717) is 61.6 Å². The van der Waals surface area contributed by atoms with Crippen LogP contribution in [0, 0.1) is 5.92 Å². The Balaban J connectivity index is 1.18. The van der Waals surface area contributed by atoms with Crippen LogP contribution in [-0.4, -0.2) is 43.3 Å². The quantitative estimate of drug-likeness (QED) is 0.702. The number of piperidine rings is 1. The minimum Gasteiger partial charge on any atom is -0.454 e. The van der Waals surface area contributed by atoms with Gasteiger partial charge in [0.1, 0.15) is 0 Å². The third-order valence-corrected chi connectivity index (χ3v) is 5.76. The van der Waals surface area contributed by atoms with Crippen molar-refractivity contribution in [2.75, 3.05) is 31.7 Å². The SMILES string of the molecule is O=C(Nc1ccc2c(c1)OCO2)C1CCN(C(=O)NCCc2ccc(C(F)(F)F)cc2)CC1. The number of nitrogens with one attached hydrogen (secondary N) is 2. The van der Waals surface area contributed by atoms with Gasteiger partial charge in [-0.25, -0.2) is 4.79 Å². The van der Waals surface area contributed by atoms with Gasteiger partial charge in [0.2, 0.25) is 12.7 Å². The lowest BCUT2D eigenvalue weighted by atomic mass is 9.96. The Labute approximate surface area is 188 Å². The lowest BCUT2D eigenvalue weighted by Crippen LogP contribution is -2.46. The van der Waals surface area contributed by atoms with Gasteiger partial charge in [-0.15, -0.1) is 0 Å². The molecule has 0 radical (unpaired) electrons. The van der Waals surface area contributed by atoms with Gasteiger partial charge in [0, 0.05) is 37.3 Å². The molecule has 1 saturated heterocycles. The van der Waals surface area contributed by atoms with Crippen LogP contribution in [0.25, 0.3) is 0 Å². The number of halogens is 3. The van der Waals surface area contributed by atoms with E-state index in [1.165, 1.54) is 12.1 Å². The Morgan fingerprint density at radius 2 is 1.70 bits per heavy atom. The molecule has 3 amide bonds. The molecule has 2 aromatic rings. The van der Waals surface area contributed by atoms with Crippen molar-refractivity contribution in [1.29, 1.82) is 0 Å². The fraction of sp³-hybridized carbons (Fsp3) is 0.391. The van der Waals surface area contributed by atoms with E-state index in [-0.39, 0.29) is 24.6 Å². The zero-order chi connectivity index (χ0) is 23.4. The largest absolute Gasteiger partial charge is 0.454 e. The van der Waals surface area contributed by atoms with Crippen LogP contribution in [0.3, 0.4) is 0 Å². The number of anilines is 1. The van der Waals surface area contributed by atoms with E-state index in [9.17, 15) is 22.8 Å². The van der Waals surface area contributed by atoms with E-state index < -0.39 is 11.7 Å². The summed E-state index contributed by atoms with van der Waals surface area (Å²) in [6.07, 6.45) is -2.84. The lowest BCUT2D eigenvalue weighted by Gasteiger charge is -2.31. The van der Waals surface area contributed by atoms with Gasteiger partial charge in [-0.2, -0.15) is 13.2 Å². The second kappa shape index (κ2) is 9.60. The maximum absolute atomic E-state index is 12.6. The highest BCUT2D eigenvalue weighted by Gasteiger charge is 2.30. The molecule has 1 fully saturated rings. The van der Waals surface area contributed by atoms with Crippen LogP contribution in [0.1, 0.15) is 24.0 Å². The van der Waals surface area contributed by atoms with Crippen LogP contribution in [0.5, 0.6) is 11.5 Å². The smallest absolute Gasteiger partial charge is 0.416 e. The van der Waals surface area contributed by atoms with Crippen molar-refractivity contribution < 1.29 is 32.2 Å². The molecule has 10 heteroatoms. The average molecular weight is 463 g/mol. The molecule has 0 spiro atoms. The lowest BCUT2D eigenvalue weighted by molar-refractivity contribution is -0.137. The molecule has 176 valence electrons. The second-order valence-electron chi connectivity index (χ2n) is 8.00. The number of fused-ring (bicyclic) bond motifs is 1. The highest BCUT2D eigenvalue weighted by Crippen LogP contribution is 2.34. The van der Waals surface area contributed by atoms with E-state index in [1.54, 1.807) is 23.1 Å². The van der Waals surface area contributed by atoms with E-state index >= 15 is 0 Å². The Bertz CT molecular complexity index is 1000. The molecule has 2 N–H and O–H groups in total. The monoisotopic (exact) mass is 463 g/mol. The molecule has 0 bridgehead atoms.